The van der Waals surface area contributed by atoms with Crippen molar-refractivity contribution in [2.75, 3.05) is 19.8 Å². The largest absolute Gasteiger partial charge is 0.507 e. The van der Waals surface area contributed by atoms with Gasteiger partial charge in [0.25, 0.3) is 11.7 Å². The van der Waals surface area contributed by atoms with Gasteiger partial charge in [0.15, 0.2) is 0 Å². The van der Waals surface area contributed by atoms with Crippen molar-refractivity contribution >= 4 is 17.4 Å². The zero-order valence-corrected chi connectivity index (χ0v) is 20.4. The molecular weight excluding hydrogens is 465 g/mol. The van der Waals surface area contributed by atoms with Crippen molar-refractivity contribution < 1.29 is 33.0 Å². The summed E-state index contributed by atoms with van der Waals surface area (Å²) in [6.45, 7) is 6.35. The van der Waals surface area contributed by atoms with Crippen molar-refractivity contribution in [2.24, 2.45) is 0 Å². The number of hydrogen-bond acceptors (Lipinski definition) is 6. The summed E-state index contributed by atoms with van der Waals surface area (Å²) in [6.07, 6.45) is 0.386. The van der Waals surface area contributed by atoms with Crippen LogP contribution in [0, 0.1) is 12.7 Å². The van der Waals surface area contributed by atoms with E-state index in [1.807, 2.05) is 6.92 Å². The predicted octanol–water partition coefficient (Wildman–Crippen LogP) is 5.19. The first kappa shape index (κ1) is 25.0. The molecule has 3 aromatic rings. The fourth-order valence-corrected chi connectivity index (χ4v) is 4.28. The molecule has 4 rings (SSSR count). The molecule has 36 heavy (non-hydrogen) atoms. The van der Waals surface area contributed by atoms with Gasteiger partial charge in [0.2, 0.25) is 0 Å². The van der Waals surface area contributed by atoms with Crippen molar-refractivity contribution in [3.8, 4) is 11.5 Å². The lowest BCUT2D eigenvalue weighted by atomic mass is 9.98. The molecule has 0 bridgehead atoms. The minimum Gasteiger partial charge on any atom is -0.507 e. The third kappa shape index (κ3) is 4.98. The lowest BCUT2D eigenvalue weighted by Gasteiger charge is -2.23. The molecule has 2 heterocycles. The quantitative estimate of drug-likeness (QED) is 0.251. The standard InChI is InChI=1S/C28H28FNO6/c1-4-34-20-11-12-21(23(16-20)35-5-2)26(31)24-25(22-13-6-17(3)36-22)30(28(33)27(24)32)15-14-18-7-9-19(29)10-8-18/h6-13,16,25,31H,4-5,14-15H2,1-3H3/b26-24-. The Morgan fingerprint density at radius 2 is 1.75 bits per heavy atom. The number of halogens is 1. The molecule has 1 aromatic heterocycles. The van der Waals surface area contributed by atoms with Gasteiger partial charge in [-0.15, -0.1) is 0 Å². The average molecular weight is 494 g/mol. The van der Waals surface area contributed by atoms with Crippen molar-refractivity contribution in [2.45, 2.75) is 33.2 Å². The van der Waals surface area contributed by atoms with Gasteiger partial charge in [-0.1, -0.05) is 12.1 Å². The molecule has 0 spiro atoms. The number of carbonyl (C=O) groups is 2. The number of ketones is 1. The number of aryl methyl sites for hydroxylation is 1. The second kappa shape index (κ2) is 10.7. The molecule has 1 aliphatic rings. The van der Waals surface area contributed by atoms with Gasteiger partial charge in [-0.05, 0) is 69.2 Å². The first-order valence-electron chi connectivity index (χ1n) is 11.8. The predicted molar refractivity (Wildman–Crippen MR) is 131 cm³/mol. The summed E-state index contributed by atoms with van der Waals surface area (Å²) in [7, 11) is 0. The Morgan fingerprint density at radius 1 is 1.03 bits per heavy atom. The van der Waals surface area contributed by atoms with Crippen LogP contribution >= 0.6 is 0 Å². The highest BCUT2D eigenvalue weighted by atomic mass is 19.1. The number of hydrogen-bond donors (Lipinski definition) is 1. The summed E-state index contributed by atoms with van der Waals surface area (Å²) < 4.78 is 30.4. The van der Waals surface area contributed by atoms with Gasteiger partial charge in [0.05, 0.1) is 24.4 Å². The number of aliphatic hydroxyl groups is 1. The summed E-state index contributed by atoms with van der Waals surface area (Å²) in [4.78, 5) is 27.8. The Balaban J connectivity index is 1.78. The third-order valence-corrected chi connectivity index (χ3v) is 5.94. The second-order valence-corrected chi connectivity index (χ2v) is 8.34. The molecular formula is C28H28FNO6. The summed E-state index contributed by atoms with van der Waals surface area (Å²) in [5.41, 5.74) is 0.988. The van der Waals surface area contributed by atoms with Crippen LogP contribution in [0.2, 0.25) is 0 Å². The molecule has 0 saturated carbocycles. The number of ether oxygens (including phenoxy) is 2. The van der Waals surface area contributed by atoms with Crippen LogP contribution in [0.1, 0.15) is 42.5 Å². The molecule has 1 N–H and O–H groups in total. The molecule has 1 saturated heterocycles. The normalized spacial score (nSPS) is 17.0. The molecule has 1 unspecified atom stereocenters. The maximum Gasteiger partial charge on any atom is 0.295 e. The van der Waals surface area contributed by atoms with Crippen LogP contribution in [0.3, 0.4) is 0 Å². The van der Waals surface area contributed by atoms with Crippen LogP contribution in [0.4, 0.5) is 4.39 Å². The average Bonchev–Trinajstić information content (AvgIpc) is 3.39. The van der Waals surface area contributed by atoms with E-state index in [2.05, 4.69) is 0 Å². The van der Waals surface area contributed by atoms with E-state index in [1.54, 1.807) is 56.3 Å². The number of amides is 1. The van der Waals surface area contributed by atoms with Gasteiger partial charge in [0.1, 0.15) is 40.6 Å². The second-order valence-electron chi connectivity index (χ2n) is 8.34. The monoisotopic (exact) mass is 493 g/mol. The minimum atomic E-state index is -0.930. The molecule has 1 fully saturated rings. The summed E-state index contributed by atoms with van der Waals surface area (Å²) >= 11 is 0. The molecule has 1 aliphatic heterocycles. The molecule has 8 heteroatoms. The van der Waals surface area contributed by atoms with Gasteiger partial charge in [-0.25, -0.2) is 4.39 Å². The summed E-state index contributed by atoms with van der Waals surface area (Å²) in [6, 6.07) is 13.3. The zero-order chi connectivity index (χ0) is 25.8. The van der Waals surface area contributed by atoms with Gasteiger partial charge in [-0.2, -0.15) is 0 Å². The van der Waals surface area contributed by atoms with E-state index in [9.17, 15) is 19.1 Å². The zero-order valence-electron chi connectivity index (χ0n) is 20.4. The number of furan rings is 1. The first-order chi connectivity index (χ1) is 17.3. The topological polar surface area (TPSA) is 89.2 Å². The van der Waals surface area contributed by atoms with E-state index in [1.165, 1.54) is 17.0 Å². The van der Waals surface area contributed by atoms with E-state index in [0.29, 0.717) is 42.7 Å². The van der Waals surface area contributed by atoms with Crippen LogP contribution in [0.15, 0.2) is 64.6 Å². The van der Waals surface area contributed by atoms with Crippen LogP contribution in [0.5, 0.6) is 11.5 Å². The number of benzene rings is 2. The van der Waals surface area contributed by atoms with Gasteiger partial charge in [0, 0.05) is 12.6 Å². The van der Waals surface area contributed by atoms with Gasteiger partial charge >= 0.3 is 0 Å². The number of likely N-dealkylation sites (tertiary alicyclic amines) is 1. The van der Waals surface area contributed by atoms with E-state index in [-0.39, 0.29) is 29.3 Å². The van der Waals surface area contributed by atoms with Gasteiger partial charge in [-0.3, -0.25) is 9.59 Å². The molecule has 1 atom stereocenters. The number of nitrogens with zero attached hydrogens (tertiary/aromatic N) is 1. The van der Waals surface area contributed by atoms with Crippen LogP contribution < -0.4 is 9.47 Å². The van der Waals surface area contributed by atoms with Crippen molar-refractivity contribution in [1.29, 1.82) is 0 Å². The Morgan fingerprint density at radius 3 is 2.39 bits per heavy atom. The highest BCUT2D eigenvalue weighted by Crippen LogP contribution is 2.42. The molecule has 7 nitrogen and oxygen atoms in total. The summed E-state index contributed by atoms with van der Waals surface area (Å²) in [5, 5.41) is 11.4. The number of aliphatic hydroxyl groups excluding tert-OH is 1. The minimum absolute atomic E-state index is 0.0847. The van der Waals surface area contributed by atoms with Crippen molar-refractivity contribution in [1.82, 2.24) is 4.90 Å². The van der Waals surface area contributed by atoms with Crippen LogP contribution in [0.25, 0.3) is 5.76 Å². The highest BCUT2D eigenvalue weighted by molar-refractivity contribution is 6.46. The van der Waals surface area contributed by atoms with E-state index in [0.717, 1.165) is 5.56 Å². The Kier molecular flexibility index (Phi) is 7.43. The van der Waals surface area contributed by atoms with Crippen molar-refractivity contribution in [3.05, 3.63) is 88.6 Å². The van der Waals surface area contributed by atoms with Gasteiger partial charge < -0.3 is 23.9 Å². The lowest BCUT2D eigenvalue weighted by Crippen LogP contribution is -2.31. The van der Waals surface area contributed by atoms with Crippen LogP contribution in [-0.4, -0.2) is 41.5 Å². The number of carbonyl (C=O) groups excluding carboxylic acids is 2. The molecule has 188 valence electrons. The Labute approximate surface area is 208 Å². The summed E-state index contributed by atoms with van der Waals surface area (Å²) in [5.74, 6) is -0.442. The molecule has 2 aromatic carbocycles. The highest BCUT2D eigenvalue weighted by Gasteiger charge is 2.47. The van der Waals surface area contributed by atoms with Crippen LogP contribution in [-0.2, 0) is 16.0 Å². The smallest absolute Gasteiger partial charge is 0.295 e. The number of rotatable bonds is 9. The molecule has 0 radical (unpaired) electrons. The maximum atomic E-state index is 13.3. The fourth-order valence-electron chi connectivity index (χ4n) is 4.28. The molecule has 0 aliphatic carbocycles. The maximum absolute atomic E-state index is 13.3. The SMILES string of the molecule is CCOc1ccc(/C(O)=C2/C(=O)C(=O)N(CCc3ccc(F)cc3)C2c2ccc(C)o2)c(OCC)c1. The first-order valence-corrected chi connectivity index (χ1v) is 11.8. The third-order valence-electron chi connectivity index (χ3n) is 5.94. The van der Waals surface area contributed by atoms with E-state index < -0.39 is 17.7 Å². The fraction of sp³-hybridized carbons (Fsp3) is 0.286. The van der Waals surface area contributed by atoms with E-state index >= 15 is 0 Å². The van der Waals surface area contributed by atoms with Crippen molar-refractivity contribution in [3.63, 3.8) is 0 Å². The number of Topliss-reactive ketones (excluding diaryl/α,β-unsaturated/α-hetero) is 1. The molecule has 1 amide bonds. The Bertz CT molecular complexity index is 1290. The van der Waals surface area contributed by atoms with E-state index in [4.69, 9.17) is 13.9 Å². The Hall–Kier alpha value is -4.07. The lowest BCUT2D eigenvalue weighted by molar-refractivity contribution is -0.140.